The molecule has 0 bridgehead atoms. The van der Waals surface area contributed by atoms with E-state index in [9.17, 15) is 13.2 Å². The molecule has 0 spiro atoms. The van der Waals surface area contributed by atoms with Crippen molar-refractivity contribution in [2.75, 3.05) is 11.9 Å². The SMILES string of the molecule is CCOC(=O)C1=CNc2ccccc2S1(=O)=O. The van der Waals surface area contributed by atoms with Crippen LogP contribution in [-0.2, 0) is 19.4 Å². The van der Waals surface area contributed by atoms with Crippen molar-refractivity contribution in [2.24, 2.45) is 0 Å². The maximum Gasteiger partial charge on any atom is 0.351 e. The first-order chi connectivity index (χ1) is 8.07. The topological polar surface area (TPSA) is 72.5 Å². The van der Waals surface area contributed by atoms with Gasteiger partial charge in [-0.25, -0.2) is 13.2 Å². The number of ether oxygens (including phenoxy) is 1. The lowest BCUT2D eigenvalue weighted by Gasteiger charge is -2.17. The van der Waals surface area contributed by atoms with Gasteiger partial charge in [0.25, 0.3) is 0 Å². The average molecular weight is 253 g/mol. The van der Waals surface area contributed by atoms with Crippen LogP contribution in [0.3, 0.4) is 0 Å². The van der Waals surface area contributed by atoms with E-state index in [1.165, 1.54) is 6.07 Å². The van der Waals surface area contributed by atoms with Gasteiger partial charge in [-0.3, -0.25) is 0 Å². The molecule has 1 aromatic carbocycles. The summed E-state index contributed by atoms with van der Waals surface area (Å²) in [6, 6.07) is 6.39. The quantitative estimate of drug-likeness (QED) is 0.804. The molecule has 0 saturated carbocycles. The second-order valence-corrected chi connectivity index (χ2v) is 5.26. The van der Waals surface area contributed by atoms with Crippen LogP contribution in [0, 0.1) is 0 Å². The van der Waals surface area contributed by atoms with E-state index in [1.54, 1.807) is 25.1 Å². The van der Waals surface area contributed by atoms with Gasteiger partial charge in [-0.1, -0.05) is 12.1 Å². The lowest BCUT2D eigenvalue weighted by Crippen LogP contribution is -2.21. The highest BCUT2D eigenvalue weighted by atomic mass is 32.2. The summed E-state index contributed by atoms with van der Waals surface area (Å²) in [5, 5.41) is 2.77. The number of anilines is 1. The van der Waals surface area contributed by atoms with Crippen LogP contribution in [-0.4, -0.2) is 21.0 Å². The highest BCUT2D eigenvalue weighted by Gasteiger charge is 2.32. The Balaban J connectivity index is 2.49. The van der Waals surface area contributed by atoms with E-state index in [0.717, 1.165) is 6.20 Å². The molecule has 17 heavy (non-hydrogen) atoms. The highest BCUT2D eigenvalue weighted by Crippen LogP contribution is 2.31. The van der Waals surface area contributed by atoms with E-state index < -0.39 is 15.8 Å². The third kappa shape index (κ3) is 1.91. The largest absolute Gasteiger partial charge is 0.462 e. The molecule has 6 heteroatoms. The molecule has 5 nitrogen and oxygen atoms in total. The van der Waals surface area contributed by atoms with E-state index in [1.807, 2.05) is 0 Å². The Bertz CT molecular complexity index is 589. The van der Waals surface area contributed by atoms with Crippen LogP contribution >= 0.6 is 0 Å². The third-order valence-corrected chi connectivity index (χ3v) is 4.10. The Morgan fingerprint density at radius 2 is 2.06 bits per heavy atom. The minimum absolute atomic E-state index is 0.0885. The van der Waals surface area contributed by atoms with Crippen molar-refractivity contribution < 1.29 is 17.9 Å². The molecule has 0 radical (unpaired) electrons. The summed E-state index contributed by atoms with van der Waals surface area (Å²) in [4.78, 5) is 11.2. The summed E-state index contributed by atoms with van der Waals surface area (Å²) in [6.07, 6.45) is 1.16. The predicted molar refractivity (Wildman–Crippen MR) is 62.0 cm³/mol. The van der Waals surface area contributed by atoms with E-state index in [4.69, 9.17) is 4.74 Å². The number of nitrogens with one attached hydrogen (secondary N) is 1. The Labute approximate surface area is 99.0 Å². The first-order valence-electron chi connectivity index (χ1n) is 5.05. The first-order valence-corrected chi connectivity index (χ1v) is 6.53. The summed E-state index contributed by atoms with van der Waals surface area (Å²) in [5.41, 5.74) is 0.459. The predicted octanol–water partition coefficient (Wildman–Crippen LogP) is 1.29. The number of carbonyl (C=O) groups excluding carboxylic acids is 1. The highest BCUT2D eigenvalue weighted by molar-refractivity contribution is 7.96. The molecule has 0 aromatic heterocycles. The van der Waals surface area contributed by atoms with E-state index >= 15 is 0 Å². The lowest BCUT2D eigenvalue weighted by atomic mass is 10.3. The number of carbonyl (C=O) groups is 1. The lowest BCUT2D eigenvalue weighted by molar-refractivity contribution is -0.137. The van der Waals surface area contributed by atoms with Crippen LogP contribution in [0.1, 0.15) is 6.92 Å². The van der Waals surface area contributed by atoms with Crippen molar-refractivity contribution >= 4 is 21.5 Å². The van der Waals surface area contributed by atoms with Gasteiger partial charge in [0.05, 0.1) is 17.2 Å². The summed E-state index contributed by atoms with van der Waals surface area (Å²) < 4.78 is 28.9. The normalized spacial score (nSPS) is 16.4. The zero-order valence-electron chi connectivity index (χ0n) is 9.14. The zero-order chi connectivity index (χ0) is 12.5. The summed E-state index contributed by atoms with van der Waals surface area (Å²) >= 11 is 0. The number of fused-ring (bicyclic) bond motifs is 1. The monoisotopic (exact) mass is 253 g/mol. The van der Waals surface area contributed by atoms with Gasteiger partial charge in [0.2, 0.25) is 9.84 Å². The van der Waals surface area contributed by atoms with Crippen molar-refractivity contribution in [3.8, 4) is 0 Å². The van der Waals surface area contributed by atoms with Gasteiger partial charge in [0.1, 0.15) is 0 Å². The summed E-state index contributed by atoms with van der Waals surface area (Å²) in [7, 11) is -3.78. The van der Waals surface area contributed by atoms with Gasteiger partial charge in [0, 0.05) is 6.20 Å². The van der Waals surface area contributed by atoms with Gasteiger partial charge in [0.15, 0.2) is 4.91 Å². The van der Waals surface area contributed by atoms with Crippen LogP contribution in [0.5, 0.6) is 0 Å². The molecule has 90 valence electrons. The first kappa shape index (κ1) is 11.7. The molecule has 0 fully saturated rings. The Morgan fingerprint density at radius 3 is 2.76 bits per heavy atom. The zero-order valence-corrected chi connectivity index (χ0v) is 9.95. The van der Waals surface area contributed by atoms with E-state index in [2.05, 4.69) is 5.32 Å². The number of esters is 1. The molecule has 0 saturated heterocycles. The van der Waals surface area contributed by atoms with Crippen molar-refractivity contribution in [3.63, 3.8) is 0 Å². The molecule has 2 rings (SSSR count). The van der Waals surface area contributed by atoms with E-state index in [-0.39, 0.29) is 16.4 Å². The fraction of sp³-hybridized carbons (Fsp3) is 0.182. The molecule has 1 heterocycles. The fourth-order valence-electron chi connectivity index (χ4n) is 1.53. The van der Waals surface area contributed by atoms with Crippen molar-refractivity contribution in [2.45, 2.75) is 11.8 Å². The third-order valence-electron chi connectivity index (χ3n) is 2.30. The standard InChI is InChI=1S/C11H11NO4S/c1-2-16-11(13)10-7-12-8-5-3-4-6-9(8)17(10,14)15/h3-7,12H,2H2,1H3. The number of hydrogen-bond donors (Lipinski definition) is 1. The Kier molecular flexibility index (Phi) is 2.89. The molecule has 0 aliphatic carbocycles. The molecule has 0 atom stereocenters. The van der Waals surface area contributed by atoms with Crippen LogP contribution in [0.15, 0.2) is 40.3 Å². The van der Waals surface area contributed by atoms with Gasteiger partial charge < -0.3 is 10.1 Å². The number of sulfone groups is 1. The minimum Gasteiger partial charge on any atom is -0.462 e. The average Bonchev–Trinajstić information content (AvgIpc) is 2.29. The van der Waals surface area contributed by atoms with Crippen LogP contribution in [0.4, 0.5) is 5.69 Å². The number of para-hydroxylation sites is 1. The van der Waals surface area contributed by atoms with Crippen molar-refractivity contribution in [1.29, 1.82) is 0 Å². The van der Waals surface area contributed by atoms with E-state index in [0.29, 0.717) is 5.69 Å². The van der Waals surface area contributed by atoms with Gasteiger partial charge in [-0.05, 0) is 19.1 Å². The molecule has 1 aliphatic rings. The Morgan fingerprint density at radius 1 is 1.35 bits per heavy atom. The van der Waals surface area contributed by atoms with Gasteiger partial charge >= 0.3 is 5.97 Å². The molecular formula is C11H11NO4S. The van der Waals surface area contributed by atoms with Crippen LogP contribution < -0.4 is 5.32 Å². The maximum atomic E-state index is 12.1. The fourth-order valence-corrected chi connectivity index (χ4v) is 2.93. The van der Waals surface area contributed by atoms with Gasteiger partial charge in [-0.15, -0.1) is 0 Å². The molecule has 1 N–H and O–H groups in total. The number of benzene rings is 1. The Hall–Kier alpha value is -1.82. The second-order valence-electron chi connectivity index (χ2n) is 3.37. The maximum absolute atomic E-state index is 12.1. The van der Waals surface area contributed by atoms with Crippen molar-refractivity contribution in [1.82, 2.24) is 0 Å². The smallest absolute Gasteiger partial charge is 0.351 e. The van der Waals surface area contributed by atoms with Gasteiger partial charge in [-0.2, -0.15) is 0 Å². The molecule has 0 amide bonds. The molecular weight excluding hydrogens is 242 g/mol. The van der Waals surface area contributed by atoms with Crippen LogP contribution in [0.25, 0.3) is 0 Å². The molecule has 1 aromatic rings. The minimum atomic E-state index is -3.78. The summed E-state index contributed by atoms with van der Waals surface area (Å²) in [5.74, 6) is -0.838. The van der Waals surface area contributed by atoms with Crippen LogP contribution in [0.2, 0.25) is 0 Å². The molecule has 1 aliphatic heterocycles. The van der Waals surface area contributed by atoms with Crippen molar-refractivity contribution in [3.05, 3.63) is 35.4 Å². The second kappa shape index (κ2) is 4.21. The molecule has 0 unspecified atom stereocenters. The number of rotatable bonds is 2. The number of hydrogen-bond acceptors (Lipinski definition) is 5. The summed E-state index contributed by atoms with van der Waals surface area (Å²) in [6.45, 7) is 1.75.